The van der Waals surface area contributed by atoms with E-state index >= 15 is 0 Å². The van der Waals surface area contributed by atoms with Gasteiger partial charge in [0.15, 0.2) is 5.78 Å². The first kappa shape index (κ1) is 22.1. The van der Waals surface area contributed by atoms with E-state index in [0.717, 1.165) is 23.9 Å². The molecule has 9 heteroatoms. The number of hydrogen-bond donors (Lipinski definition) is 1. The number of fused-ring (bicyclic) bond motifs is 2. The van der Waals surface area contributed by atoms with Gasteiger partial charge in [-0.3, -0.25) is 4.79 Å². The summed E-state index contributed by atoms with van der Waals surface area (Å²) in [4.78, 5) is 39.7. The maximum absolute atomic E-state index is 12.9. The summed E-state index contributed by atoms with van der Waals surface area (Å²) in [5, 5.41) is 29.4. The number of ketones is 1. The van der Waals surface area contributed by atoms with Crippen molar-refractivity contribution in [3.8, 4) is 17.9 Å². The Hall–Kier alpha value is -5.15. The average Bonchev–Trinajstić information content (AvgIpc) is 2.80. The minimum Gasteiger partial charge on any atom is -0.508 e. The van der Waals surface area contributed by atoms with Crippen LogP contribution >= 0.6 is 0 Å². The number of rotatable bonds is 4. The van der Waals surface area contributed by atoms with Crippen molar-refractivity contribution in [2.45, 2.75) is 0 Å². The summed E-state index contributed by atoms with van der Waals surface area (Å²) < 4.78 is 10.4. The molecule has 0 saturated heterocycles. The zero-order valence-electron chi connectivity index (χ0n) is 17.9. The monoisotopic (exact) mass is 453 g/mol. The van der Waals surface area contributed by atoms with Gasteiger partial charge in [0.1, 0.15) is 34.6 Å². The lowest BCUT2D eigenvalue weighted by Crippen LogP contribution is -2.15. The first-order valence-electron chi connectivity index (χ1n) is 9.85. The molecule has 1 N–H and O–H groups in total. The molecule has 4 rings (SSSR count). The molecule has 0 aliphatic heterocycles. The van der Waals surface area contributed by atoms with Gasteiger partial charge in [0.2, 0.25) is 0 Å². The summed E-state index contributed by atoms with van der Waals surface area (Å²) >= 11 is 0. The molecule has 0 aliphatic rings. The fourth-order valence-corrected chi connectivity index (χ4v) is 3.53. The number of carbonyl (C=O) groups excluding carboxylic acids is 1. The highest BCUT2D eigenvalue weighted by Crippen LogP contribution is 2.26. The Morgan fingerprint density at radius 1 is 0.941 bits per heavy atom. The SMILES string of the molecule is CN(C)c1ccc2c(C#N)c(/C=C/C(=O)c3c(C#N)c4ccc(O)cc4oc3=O)c(=O)oc2c1. The van der Waals surface area contributed by atoms with Gasteiger partial charge in [-0.15, -0.1) is 0 Å². The molecule has 0 fully saturated rings. The predicted octanol–water partition coefficient (Wildman–Crippen LogP) is 3.31. The van der Waals surface area contributed by atoms with Crippen molar-refractivity contribution >= 4 is 39.5 Å². The van der Waals surface area contributed by atoms with Gasteiger partial charge in [0, 0.05) is 42.7 Å². The van der Waals surface area contributed by atoms with Gasteiger partial charge in [-0.1, -0.05) is 0 Å². The molecule has 34 heavy (non-hydrogen) atoms. The third-order valence-electron chi connectivity index (χ3n) is 5.21. The first-order valence-corrected chi connectivity index (χ1v) is 9.85. The zero-order chi connectivity index (χ0) is 24.6. The van der Waals surface area contributed by atoms with Crippen molar-refractivity contribution < 1.29 is 18.7 Å². The van der Waals surface area contributed by atoms with E-state index in [1.807, 2.05) is 26.2 Å². The number of hydrogen-bond acceptors (Lipinski definition) is 9. The second-order valence-electron chi connectivity index (χ2n) is 7.49. The summed E-state index contributed by atoms with van der Waals surface area (Å²) in [5.41, 5.74) is -1.94. The summed E-state index contributed by atoms with van der Waals surface area (Å²) in [6.07, 6.45) is 1.99. The fraction of sp³-hybridized carbons (Fsp3) is 0.0800. The molecule has 0 amide bonds. The number of phenolic OH excluding ortho intramolecular Hbond substituents is 1. The largest absolute Gasteiger partial charge is 0.508 e. The maximum Gasteiger partial charge on any atom is 0.348 e. The van der Waals surface area contributed by atoms with Crippen LogP contribution in [0, 0.1) is 22.7 Å². The number of phenols is 1. The third kappa shape index (κ3) is 3.68. The molecule has 0 saturated carbocycles. The van der Waals surface area contributed by atoms with Gasteiger partial charge in [-0.25, -0.2) is 9.59 Å². The van der Waals surface area contributed by atoms with Crippen molar-refractivity contribution in [3.63, 3.8) is 0 Å². The summed E-state index contributed by atoms with van der Waals surface area (Å²) in [6, 6.07) is 12.6. The Morgan fingerprint density at radius 2 is 1.56 bits per heavy atom. The number of benzene rings is 2. The van der Waals surface area contributed by atoms with Crippen LogP contribution < -0.4 is 16.2 Å². The van der Waals surface area contributed by atoms with E-state index in [1.165, 1.54) is 12.1 Å². The van der Waals surface area contributed by atoms with Crippen LogP contribution in [0.3, 0.4) is 0 Å². The number of nitrogens with zero attached hydrogens (tertiary/aromatic N) is 3. The Balaban J connectivity index is 1.84. The normalized spacial score (nSPS) is 10.9. The molecule has 0 bridgehead atoms. The molecule has 0 atom stereocenters. The molecule has 0 unspecified atom stereocenters. The van der Waals surface area contributed by atoms with Crippen LogP contribution in [0.5, 0.6) is 5.75 Å². The number of nitriles is 2. The molecule has 0 radical (unpaired) electrons. The average molecular weight is 453 g/mol. The van der Waals surface area contributed by atoms with Crippen LogP contribution in [0.4, 0.5) is 5.69 Å². The molecule has 9 nitrogen and oxygen atoms in total. The van der Waals surface area contributed by atoms with E-state index in [0.29, 0.717) is 5.39 Å². The quantitative estimate of drug-likeness (QED) is 0.279. The van der Waals surface area contributed by atoms with Gasteiger partial charge in [0.25, 0.3) is 0 Å². The summed E-state index contributed by atoms with van der Waals surface area (Å²) in [6.45, 7) is 0. The van der Waals surface area contributed by atoms with Gasteiger partial charge in [-0.2, -0.15) is 10.5 Å². The highest BCUT2D eigenvalue weighted by atomic mass is 16.4. The fourth-order valence-electron chi connectivity index (χ4n) is 3.53. The number of carbonyl (C=O) groups is 1. The van der Waals surface area contributed by atoms with Crippen LogP contribution in [-0.4, -0.2) is 25.0 Å². The molecule has 0 aliphatic carbocycles. The summed E-state index contributed by atoms with van der Waals surface area (Å²) in [7, 11) is 3.63. The third-order valence-corrected chi connectivity index (χ3v) is 5.21. The van der Waals surface area contributed by atoms with E-state index < -0.39 is 22.6 Å². The molecule has 2 heterocycles. The lowest BCUT2D eigenvalue weighted by atomic mass is 10.0. The highest BCUT2D eigenvalue weighted by molar-refractivity contribution is 6.10. The van der Waals surface area contributed by atoms with Gasteiger partial charge < -0.3 is 18.8 Å². The van der Waals surface area contributed by atoms with E-state index in [4.69, 9.17) is 8.83 Å². The molecule has 2 aromatic heterocycles. The van der Waals surface area contributed by atoms with E-state index in [-0.39, 0.29) is 39.0 Å². The van der Waals surface area contributed by atoms with Crippen molar-refractivity contribution in [1.82, 2.24) is 0 Å². The number of allylic oxidation sites excluding steroid dienone is 1. The topological polar surface area (TPSA) is 149 Å². The van der Waals surface area contributed by atoms with Crippen LogP contribution in [0.25, 0.3) is 28.0 Å². The van der Waals surface area contributed by atoms with E-state index in [2.05, 4.69) is 0 Å². The van der Waals surface area contributed by atoms with Gasteiger partial charge in [-0.05, 0) is 36.4 Å². The number of aromatic hydroxyl groups is 1. The summed E-state index contributed by atoms with van der Waals surface area (Å²) in [5.74, 6) is -1.07. The molecule has 4 aromatic rings. The molecular weight excluding hydrogens is 438 g/mol. The highest BCUT2D eigenvalue weighted by Gasteiger charge is 2.21. The van der Waals surface area contributed by atoms with Crippen LogP contribution in [0.1, 0.15) is 27.0 Å². The Bertz CT molecular complexity index is 1730. The predicted molar refractivity (Wildman–Crippen MR) is 124 cm³/mol. The van der Waals surface area contributed by atoms with Gasteiger partial charge >= 0.3 is 11.3 Å². The Morgan fingerprint density at radius 3 is 2.24 bits per heavy atom. The minimum atomic E-state index is -1.08. The van der Waals surface area contributed by atoms with Gasteiger partial charge in [0.05, 0.1) is 16.7 Å². The van der Waals surface area contributed by atoms with Crippen LogP contribution in [0.2, 0.25) is 0 Å². The lowest BCUT2D eigenvalue weighted by Gasteiger charge is -2.13. The molecule has 0 spiro atoms. The van der Waals surface area contributed by atoms with Crippen molar-refractivity contribution in [1.29, 1.82) is 10.5 Å². The molecular formula is C25H15N3O6. The number of anilines is 1. The minimum absolute atomic E-state index is 0.00198. The first-order chi connectivity index (χ1) is 16.2. The van der Waals surface area contributed by atoms with E-state index in [1.54, 1.807) is 23.1 Å². The molecule has 166 valence electrons. The maximum atomic E-state index is 12.9. The second kappa shape index (κ2) is 8.41. The Labute approximate surface area is 191 Å². The van der Waals surface area contributed by atoms with Crippen molar-refractivity contribution in [3.05, 3.63) is 85.6 Å². The lowest BCUT2D eigenvalue weighted by molar-refractivity contribution is 0.104. The Kier molecular flexibility index (Phi) is 5.46. The zero-order valence-corrected chi connectivity index (χ0v) is 17.9. The van der Waals surface area contributed by atoms with E-state index in [9.17, 15) is 30.0 Å². The van der Waals surface area contributed by atoms with Crippen LogP contribution in [0.15, 0.2) is 60.9 Å². The van der Waals surface area contributed by atoms with Crippen molar-refractivity contribution in [2.24, 2.45) is 0 Å². The van der Waals surface area contributed by atoms with Crippen molar-refractivity contribution in [2.75, 3.05) is 19.0 Å². The molecule has 2 aromatic carbocycles. The standard InChI is InChI=1S/C25H15N3O6/c1-28(2)13-3-5-15-18(11-26)17(24(31)33-21(15)9-13)7-8-20(30)23-19(12-27)16-6-4-14(29)10-22(16)34-25(23)32/h3-10,29H,1-2H3/b8-7+. The smallest absolute Gasteiger partial charge is 0.348 e. The van der Waals surface area contributed by atoms with Crippen LogP contribution in [-0.2, 0) is 0 Å². The second-order valence-corrected chi connectivity index (χ2v) is 7.49.